The van der Waals surface area contributed by atoms with Gasteiger partial charge in [-0.3, -0.25) is 43.3 Å². The Morgan fingerprint density at radius 1 is 0.732 bits per heavy atom. The molecule has 24 heteroatoms. The fourth-order valence-electron chi connectivity index (χ4n) is 10.1. The van der Waals surface area contributed by atoms with Crippen LogP contribution in [-0.4, -0.2) is 192 Å². The van der Waals surface area contributed by atoms with Crippen molar-refractivity contribution in [3.8, 4) is 0 Å². The molecule has 0 aliphatic carbocycles. The van der Waals surface area contributed by atoms with Gasteiger partial charge in [-0.1, -0.05) is 97.4 Å². The van der Waals surface area contributed by atoms with Crippen LogP contribution in [0.4, 0.5) is 10.5 Å². The topological polar surface area (TPSA) is 324 Å². The number of ether oxygens (including phenoxy) is 3. The molecule has 13 atom stereocenters. The van der Waals surface area contributed by atoms with Crippen molar-refractivity contribution in [2.24, 2.45) is 23.7 Å². The number of aliphatic hydroxyl groups is 2. The van der Waals surface area contributed by atoms with Gasteiger partial charge in [0.25, 0.3) is 0 Å². The highest BCUT2D eigenvalue weighted by molar-refractivity contribution is 6.00. The number of aliphatic carboxylic acids is 1. The number of anilines is 1. The number of hydrogen-bond donors (Lipinski definition) is 9. The summed E-state index contributed by atoms with van der Waals surface area (Å²) in [6, 6.07) is 7.40. The van der Waals surface area contributed by atoms with Gasteiger partial charge in [0.2, 0.25) is 41.4 Å². The van der Waals surface area contributed by atoms with Gasteiger partial charge in [0.1, 0.15) is 30.8 Å². The quantitative estimate of drug-likeness (QED) is 0.0508. The lowest BCUT2D eigenvalue weighted by Gasteiger charge is -2.41. The second-order valence-electron chi connectivity index (χ2n) is 21.9. The molecule has 9 N–H and O–H groups in total. The zero-order valence-corrected chi connectivity index (χ0v) is 50.1. The number of benzene rings is 2. The minimum Gasteiger partial charge on any atom is -0.481 e. The van der Waals surface area contributed by atoms with E-state index in [2.05, 4.69) is 31.9 Å². The third kappa shape index (κ3) is 19.4. The maximum Gasteiger partial charge on any atom is 0.410 e. The third-order valence-electron chi connectivity index (χ3n) is 15.3. The van der Waals surface area contributed by atoms with Crippen LogP contribution in [0.2, 0.25) is 0 Å². The molecule has 0 bridgehead atoms. The van der Waals surface area contributed by atoms with Crippen LogP contribution >= 0.6 is 0 Å². The predicted molar refractivity (Wildman–Crippen MR) is 305 cm³/mol. The van der Waals surface area contributed by atoms with Crippen LogP contribution in [0.1, 0.15) is 112 Å². The number of carbonyl (C=O) groups excluding carboxylic acids is 8. The van der Waals surface area contributed by atoms with E-state index < -0.39 is 139 Å². The van der Waals surface area contributed by atoms with Crippen LogP contribution < -0.4 is 31.9 Å². The molecule has 0 saturated carbocycles. The Balaban J connectivity index is 1.70. The number of carboxylic acids is 1. The summed E-state index contributed by atoms with van der Waals surface area (Å²) in [6.45, 7) is 15.3. The zero-order valence-electron chi connectivity index (χ0n) is 50.1. The molecule has 24 nitrogen and oxygen atoms in total. The Bertz CT molecular complexity index is 2430. The lowest BCUT2D eigenvalue weighted by molar-refractivity contribution is -0.148. The van der Waals surface area contributed by atoms with E-state index >= 15 is 0 Å². The van der Waals surface area contributed by atoms with E-state index in [9.17, 15) is 58.5 Å². The lowest BCUT2D eigenvalue weighted by atomic mass is 9.89. The van der Waals surface area contributed by atoms with Gasteiger partial charge in [0.05, 0.1) is 67.8 Å². The summed E-state index contributed by atoms with van der Waals surface area (Å²) in [5, 5.41) is 45.8. The van der Waals surface area contributed by atoms with Crippen molar-refractivity contribution >= 4 is 59.1 Å². The monoisotopic (exact) mass is 1150 g/mol. The van der Waals surface area contributed by atoms with Crippen molar-refractivity contribution in [1.82, 2.24) is 41.3 Å². The molecule has 82 heavy (non-hydrogen) atoms. The minimum atomic E-state index is -1.59. The first-order chi connectivity index (χ1) is 38.7. The van der Waals surface area contributed by atoms with Crippen molar-refractivity contribution in [3.63, 3.8) is 0 Å². The highest BCUT2D eigenvalue weighted by atomic mass is 16.6. The maximum atomic E-state index is 14.7. The van der Waals surface area contributed by atoms with E-state index in [1.54, 1.807) is 65.6 Å². The molecular weight excluding hydrogens is 1060 g/mol. The fourth-order valence-corrected chi connectivity index (χ4v) is 10.1. The fraction of sp³-hybridized carbons (Fsp3) is 0.638. The van der Waals surface area contributed by atoms with E-state index in [1.807, 2.05) is 32.0 Å². The summed E-state index contributed by atoms with van der Waals surface area (Å²) >= 11 is 0. The number of nitrogens with zero attached hydrogens (tertiary/aromatic N) is 3. The van der Waals surface area contributed by atoms with Gasteiger partial charge in [0, 0.05) is 40.5 Å². The van der Waals surface area contributed by atoms with E-state index in [0.717, 1.165) is 4.90 Å². The largest absolute Gasteiger partial charge is 0.481 e. The molecule has 0 radical (unpaired) electrons. The van der Waals surface area contributed by atoms with Crippen molar-refractivity contribution < 1.29 is 72.7 Å². The van der Waals surface area contributed by atoms with Crippen LogP contribution in [0.5, 0.6) is 0 Å². The van der Waals surface area contributed by atoms with Gasteiger partial charge >= 0.3 is 12.1 Å². The van der Waals surface area contributed by atoms with Crippen molar-refractivity contribution in [2.75, 3.05) is 53.8 Å². The number of likely N-dealkylation sites (tertiary alicyclic amines) is 1. The lowest BCUT2D eigenvalue weighted by Crippen LogP contribution is -2.60. The Morgan fingerprint density at radius 3 is 1.89 bits per heavy atom. The second-order valence-corrected chi connectivity index (χ2v) is 21.9. The van der Waals surface area contributed by atoms with Gasteiger partial charge in [-0.2, -0.15) is 0 Å². The molecule has 0 spiro atoms. The van der Waals surface area contributed by atoms with Crippen LogP contribution in [0.25, 0.3) is 0 Å². The number of amides is 8. The van der Waals surface area contributed by atoms with Gasteiger partial charge in [-0.05, 0) is 74.8 Å². The highest BCUT2D eigenvalue weighted by Gasteiger charge is 2.44. The predicted octanol–water partition coefficient (Wildman–Crippen LogP) is 2.56. The SMILES string of the molecule is CC[C@H](C)[C@@H]([C@@H](CC(=O)N1CCC[C@H]1[C@H](OC)[C@@H](C)C(=O)N[C@H](C)[C@@H](O)c1ccccc1)OC)N(C)C(=O)[C@@H](NC(=O)[C@H](C(C)C)N(C)C(=O)OCc1ccc(NC(=O)[C@H](CC(=O)O)NC(=O)[C@H](CO)NC(=O)[C@H](C)NC)cc1)C(C)C. The number of nitrogens with one attached hydrogen (secondary N) is 6. The van der Waals surface area contributed by atoms with Crippen molar-refractivity contribution in [2.45, 2.75) is 168 Å². The molecule has 8 amide bonds. The standard InChI is InChI=1S/C58H91N9O15/c1-15-34(6)49(44(80-13)29-45(69)67-27-19-22-43(67)51(81-14)35(7)52(73)60-36(8)50(72)39-20-17-16-18-21-39)65(11)57(78)47(32(2)3)64-56(77)48(33(4)5)66(12)58(79)82-31-38-23-25-40(26-24-38)61-54(75)41(28-46(70)71)62-55(76)42(30-68)63-53(74)37(9)59-10/h16-18,20-21,23-26,32-37,41-44,47-51,59,68,72H,15,19,22,27-31H2,1-14H3,(H,60,73)(H,61,75)(H,62,76)(H,63,74)(H,64,77)(H,70,71)/t34-,35+,36+,37-,41-,42-,43-,44+,47-,48-,49-,50+,51+/m0/s1. The summed E-state index contributed by atoms with van der Waals surface area (Å²) < 4.78 is 17.6. The number of carbonyl (C=O) groups is 9. The molecule has 1 fully saturated rings. The Hall–Kier alpha value is -6.73. The number of aliphatic hydroxyl groups excluding tert-OH is 2. The average Bonchev–Trinajstić information content (AvgIpc) is 3.97. The molecule has 1 aliphatic rings. The number of rotatable bonds is 32. The summed E-state index contributed by atoms with van der Waals surface area (Å²) in [6.07, 6.45) is -2.26. The van der Waals surface area contributed by atoms with Gasteiger partial charge in [0.15, 0.2) is 0 Å². The minimum absolute atomic E-state index is 0.0943. The summed E-state index contributed by atoms with van der Waals surface area (Å²) in [5.74, 6) is -7.25. The number of hydrogen-bond acceptors (Lipinski definition) is 15. The normalized spacial score (nSPS) is 17.7. The third-order valence-corrected chi connectivity index (χ3v) is 15.3. The van der Waals surface area contributed by atoms with E-state index in [0.29, 0.717) is 36.9 Å². The Labute approximate surface area is 482 Å². The zero-order chi connectivity index (χ0) is 61.7. The van der Waals surface area contributed by atoms with Gasteiger partial charge in [-0.15, -0.1) is 0 Å². The second kappa shape index (κ2) is 33.4. The van der Waals surface area contributed by atoms with Gasteiger partial charge in [-0.25, -0.2) is 4.79 Å². The van der Waals surface area contributed by atoms with Crippen LogP contribution in [0, 0.1) is 23.7 Å². The molecule has 2 aromatic rings. The number of likely N-dealkylation sites (N-methyl/N-ethyl adjacent to an activating group) is 3. The maximum absolute atomic E-state index is 14.7. The first-order valence-corrected chi connectivity index (χ1v) is 28.0. The smallest absolute Gasteiger partial charge is 0.410 e. The molecule has 0 unspecified atom stereocenters. The molecule has 3 rings (SSSR count). The Morgan fingerprint density at radius 2 is 1.35 bits per heavy atom. The summed E-state index contributed by atoms with van der Waals surface area (Å²) in [5.41, 5.74) is 1.34. The molecule has 458 valence electrons. The molecular formula is C58H91N9O15. The molecule has 1 heterocycles. The average molecular weight is 1150 g/mol. The Kier molecular flexibility index (Phi) is 28.3. The first kappa shape index (κ1) is 69.5. The number of carboxylic acid groups (broad SMARTS) is 1. The molecule has 1 aliphatic heterocycles. The summed E-state index contributed by atoms with van der Waals surface area (Å²) in [7, 11) is 7.55. The van der Waals surface area contributed by atoms with E-state index in [4.69, 9.17) is 14.2 Å². The van der Waals surface area contributed by atoms with Crippen LogP contribution in [0.15, 0.2) is 54.6 Å². The highest BCUT2D eigenvalue weighted by Crippen LogP contribution is 2.30. The van der Waals surface area contributed by atoms with Crippen molar-refractivity contribution in [3.05, 3.63) is 65.7 Å². The molecule has 1 saturated heterocycles. The molecule has 0 aromatic heterocycles. The van der Waals surface area contributed by atoms with Crippen LogP contribution in [0.3, 0.4) is 0 Å². The van der Waals surface area contributed by atoms with Crippen LogP contribution in [-0.2, 0) is 59.2 Å². The van der Waals surface area contributed by atoms with Gasteiger partial charge < -0.3 is 71.2 Å². The number of methoxy groups -OCH3 is 2. The molecule has 2 aromatic carbocycles. The first-order valence-electron chi connectivity index (χ1n) is 28.0. The van der Waals surface area contributed by atoms with E-state index in [1.165, 1.54) is 64.4 Å². The summed E-state index contributed by atoms with van der Waals surface area (Å²) in [4.78, 5) is 125. The van der Waals surface area contributed by atoms with Crippen molar-refractivity contribution in [1.29, 1.82) is 0 Å². The van der Waals surface area contributed by atoms with E-state index in [-0.39, 0.29) is 36.4 Å².